The molecule has 2 heterocycles. The normalized spacial score (nSPS) is 17.9. The van der Waals surface area contributed by atoms with Gasteiger partial charge in [-0.1, -0.05) is 36.4 Å². The fourth-order valence-electron chi connectivity index (χ4n) is 4.03. The van der Waals surface area contributed by atoms with Gasteiger partial charge in [-0.2, -0.15) is 0 Å². The second kappa shape index (κ2) is 6.31. The van der Waals surface area contributed by atoms with Crippen LogP contribution in [-0.4, -0.2) is 16.1 Å². The Kier molecular flexibility index (Phi) is 3.88. The van der Waals surface area contributed by atoms with E-state index in [2.05, 4.69) is 29.3 Å². The molecular weight excluding hydrogens is 368 g/mol. The van der Waals surface area contributed by atoms with Crippen molar-refractivity contribution in [3.05, 3.63) is 70.9 Å². The van der Waals surface area contributed by atoms with Gasteiger partial charge in [0.15, 0.2) is 0 Å². The topological polar surface area (TPSA) is 76.2 Å². The number of anilines is 1. The molecule has 0 unspecified atom stereocenters. The smallest absolute Gasteiger partial charge is 0.314 e. The summed E-state index contributed by atoms with van der Waals surface area (Å²) in [6.07, 6.45) is 11.3. The van der Waals surface area contributed by atoms with Crippen LogP contribution in [0.3, 0.4) is 0 Å². The monoisotopic (exact) mass is 388 g/mol. The van der Waals surface area contributed by atoms with Crippen LogP contribution in [0.25, 0.3) is 21.2 Å². The van der Waals surface area contributed by atoms with E-state index in [9.17, 15) is 9.90 Å². The third kappa shape index (κ3) is 2.66. The molecular formula is C23H20N2O2S. The molecule has 0 amide bonds. The summed E-state index contributed by atoms with van der Waals surface area (Å²) in [4.78, 5) is 16.8. The SMILES string of the molecule is Nc1c(C2=CC=C(c3ccc(C4(C(=O)O)CC4)cc3)CC2)sc2cnccc12. The number of carbonyl (C=O) groups is 1. The number of pyridine rings is 1. The van der Waals surface area contributed by atoms with Gasteiger partial charge < -0.3 is 10.8 Å². The number of hydrogen-bond donors (Lipinski definition) is 2. The van der Waals surface area contributed by atoms with Gasteiger partial charge in [-0.15, -0.1) is 11.3 Å². The van der Waals surface area contributed by atoms with Crippen molar-refractivity contribution in [1.82, 2.24) is 4.98 Å². The standard InChI is InChI=1S/C23H20N2O2S/c24-20-18-9-12-25-13-19(18)28-21(20)16-3-1-14(2-4-16)15-5-7-17(8-6-15)23(10-11-23)22(26)27/h1,3,5-9,12-13H,2,4,10-11,24H2,(H,26,27). The molecule has 3 N–H and O–H groups in total. The Morgan fingerprint density at radius 1 is 1.07 bits per heavy atom. The molecule has 2 aliphatic rings. The minimum absolute atomic E-state index is 0.639. The molecule has 2 aliphatic carbocycles. The van der Waals surface area contributed by atoms with Crippen molar-refractivity contribution in [2.24, 2.45) is 0 Å². The number of rotatable bonds is 4. The minimum Gasteiger partial charge on any atom is -0.481 e. The second-order valence-electron chi connectivity index (χ2n) is 7.57. The molecule has 0 spiro atoms. The Labute approximate surface area is 167 Å². The van der Waals surface area contributed by atoms with E-state index in [1.54, 1.807) is 17.5 Å². The van der Waals surface area contributed by atoms with E-state index in [1.807, 2.05) is 24.4 Å². The molecule has 5 heteroatoms. The zero-order valence-electron chi connectivity index (χ0n) is 15.3. The molecule has 2 aromatic heterocycles. The number of benzene rings is 1. The van der Waals surface area contributed by atoms with E-state index in [0.717, 1.165) is 57.5 Å². The van der Waals surface area contributed by atoms with Crippen LogP contribution in [0.4, 0.5) is 5.69 Å². The molecule has 28 heavy (non-hydrogen) atoms. The number of aromatic nitrogens is 1. The zero-order chi connectivity index (χ0) is 19.3. The van der Waals surface area contributed by atoms with Gasteiger partial charge in [0, 0.05) is 17.8 Å². The number of nitrogens with two attached hydrogens (primary N) is 1. The highest BCUT2D eigenvalue weighted by Gasteiger charge is 2.51. The average Bonchev–Trinajstić information content (AvgIpc) is 3.48. The summed E-state index contributed by atoms with van der Waals surface area (Å²) in [5.41, 5.74) is 11.2. The molecule has 1 aromatic carbocycles. The molecule has 0 saturated heterocycles. The first-order valence-corrected chi connectivity index (χ1v) is 10.3. The second-order valence-corrected chi connectivity index (χ2v) is 8.62. The quantitative estimate of drug-likeness (QED) is 0.639. The predicted octanol–water partition coefficient (Wildman–Crippen LogP) is 5.26. The van der Waals surface area contributed by atoms with Crippen LogP contribution < -0.4 is 5.73 Å². The molecule has 3 aromatic rings. The Bertz CT molecular complexity index is 1150. The van der Waals surface area contributed by atoms with Crippen LogP contribution in [0.1, 0.15) is 41.7 Å². The highest BCUT2D eigenvalue weighted by Crippen LogP contribution is 2.48. The molecule has 4 nitrogen and oxygen atoms in total. The molecule has 0 bridgehead atoms. The Morgan fingerprint density at radius 3 is 2.39 bits per heavy atom. The number of allylic oxidation sites excluding steroid dienone is 4. The van der Waals surface area contributed by atoms with Crippen molar-refractivity contribution < 1.29 is 9.90 Å². The molecule has 0 atom stereocenters. The maximum Gasteiger partial charge on any atom is 0.314 e. The number of carboxylic acid groups (broad SMARTS) is 1. The van der Waals surface area contributed by atoms with E-state index in [0.29, 0.717) is 0 Å². The van der Waals surface area contributed by atoms with E-state index >= 15 is 0 Å². The van der Waals surface area contributed by atoms with E-state index in [-0.39, 0.29) is 0 Å². The van der Waals surface area contributed by atoms with E-state index in [4.69, 9.17) is 5.73 Å². The maximum absolute atomic E-state index is 11.5. The lowest BCUT2D eigenvalue weighted by Crippen LogP contribution is -2.19. The summed E-state index contributed by atoms with van der Waals surface area (Å²) in [7, 11) is 0. The minimum atomic E-state index is -0.708. The lowest BCUT2D eigenvalue weighted by Gasteiger charge is -2.16. The van der Waals surface area contributed by atoms with Crippen LogP contribution >= 0.6 is 11.3 Å². The third-order valence-electron chi connectivity index (χ3n) is 5.94. The molecule has 0 aliphatic heterocycles. The first kappa shape index (κ1) is 17.2. The van der Waals surface area contributed by atoms with Crippen molar-refractivity contribution in [2.75, 3.05) is 5.73 Å². The summed E-state index contributed by atoms with van der Waals surface area (Å²) in [6.45, 7) is 0. The molecule has 0 radical (unpaired) electrons. The average molecular weight is 388 g/mol. The van der Waals surface area contributed by atoms with Gasteiger partial charge in [0.05, 0.1) is 20.7 Å². The number of hydrogen-bond acceptors (Lipinski definition) is 4. The van der Waals surface area contributed by atoms with Crippen molar-refractivity contribution in [1.29, 1.82) is 0 Å². The van der Waals surface area contributed by atoms with Crippen LogP contribution in [-0.2, 0) is 10.2 Å². The van der Waals surface area contributed by atoms with Gasteiger partial charge in [-0.3, -0.25) is 9.78 Å². The van der Waals surface area contributed by atoms with Gasteiger partial charge in [-0.25, -0.2) is 0 Å². The molecule has 1 saturated carbocycles. The van der Waals surface area contributed by atoms with Gasteiger partial charge in [0.25, 0.3) is 0 Å². The number of nitrogens with zero attached hydrogens (tertiary/aromatic N) is 1. The maximum atomic E-state index is 11.5. The largest absolute Gasteiger partial charge is 0.481 e. The van der Waals surface area contributed by atoms with E-state index < -0.39 is 11.4 Å². The lowest BCUT2D eigenvalue weighted by molar-refractivity contribution is -0.140. The number of carboxylic acids is 1. The fourth-order valence-corrected chi connectivity index (χ4v) is 5.17. The highest BCUT2D eigenvalue weighted by atomic mass is 32.1. The van der Waals surface area contributed by atoms with Crippen LogP contribution in [0.5, 0.6) is 0 Å². The summed E-state index contributed by atoms with van der Waals surface area (Å²) in [5, 5.41) is 10.5. The third-order valence-corrected chi connectivity index (χ3v) is 7.17. The predicted molar refractivity (Wildman–Crippen MR) is 114 cm³/mol. The number of nitrogen functional groups attached to an aromatic ring is 1. The number of thiophene rings is 1. The van der Waals surface area contributed by atoms with Gasteiger partial charge in [0.1, 0.15) is 0 Å². The Hall–Kier alpha value is -2.92. The Balaban J connectivity index is 1.42. The van der Waals surface area contributed by atoms with Gasteiger partial charge >= 0.3 is 5.97 Å². The highest BCUT2D eigenvalue weighted by molar-refractivity contribution is 7.20. The Morgan fingerprint density at radius 2 is 1.79 bits per heavy atom. The molecule has 140 valence electrons. The summed E-state index contributed by atoms with van der Waals surface area (Å²) < 4.78 is 1.12. The first-order valence-electron chi connectivity index (χ1n) is 9.45. The van der Waals surface area contributed by atoms with Crippen LogP contribution in [0.15, 0.2) is 54.9 Å². The summed E-state index contributed by atoms with van der Waals surface area (Å²) >= 11 is 1.70. The summed E-state index contributed by atoms with van der Waals surface area (Å²) in [6, 6.07) is 10.0. The van der Waals surface area contributed by atoms with Crippen LogP contribution in [0, 0.1) is 0 Å². The van der Waals surface area contributed by atoms with Gasteiger partial charge in [0.2, 0.25) is 0 Å². The van der Waals surface area contributed by atoms with Crippen molar-refractivity contribution in [3.63, 3.8) is 0 Å². The van der Waals surface area contributed by atoms with Crippen molar-refractivity contribution in [2.45, 2.75) is 31.1 Å². The first-order chi connectivity index (χ1) is 13.6. The number of fused-ring (bicyclic) bond motifs is 1. The molecule has 5 rings (SSSR count). The van der Waals surface area contributed by atoms with Gasteiger partial charge in [-0.05, 0) is 54.0 Å². The fraction of sp³-hybridized carbons (Fsp3) is 0.217. The van der Waals surface area contributed by atoms with Crippen LogP contribution in [0.2, 0.25) is 0 Å². The van der Waals surface area contributed by atoms with Crippen molar-refractivity contribution >= 4 is 44.2 Å². The zero-order valence-corrected chi connectivity index (χ0v) is 16.1. The van der Waals surface area contributed by atoms with E-state index in [1.165, 1.54) is 11.1 Å². The van der Waals surface area contributed by atoms with Crippen molar-refractivity contribution in [3.8, 4) is 0 Å². The summed E-state index contributed by atoms with van der Waals surface area (Å²) in [5.74, 6) is -0.708. The number of aliphatic carboxylic acids is 1. The molecule has 1 fully saturated rings. The lowest BCUT2D eigenvalue weighted by atomic mass is 9.89.